The molecule has 0 saturated carbocycles. The number of nitrogens with zero attached hydrogens (tertiary/aromatic N) is 5. The van der Waals surface area contributed by atoms with Gasteiger partial charge in [-0.2, -0.15) is 13.2 Å². The van der Waals surface area contributed by atoms with Crippen molar-refractivity contribution in [3.63, 3.8) is 0 Å². The van der Waals surface area contributed by atoms with Crippen molar-refractivity contribution < 1.29 is 18.0 Å². The van der Waals surface area contributed by atoms with Crippen LogP contribution < -0.4 is 11.2 Å². The maximum absolute atomic E-state index is 12.9. The van der Waals surface area contributed by atoms with Crippen molar-refractivity contribution in [1.29, 1.82) is 0 Å². The average Bonchev–Trinajstić information content (AvgIpc) is 2.98. The Hall–Kier alpha value is -2.59. The molecule has 1 aliphatic rings. The third-order valence-electron chi connectivity index (χ3n) is 4.73. The topological polar surface area (TPSA) is 82.1 Å². The van der Waals surface area contributed by atoms with Crippen molar-refractivity contribution in [3.05, 3.63) is 27.2 Å². The molecule has 0 aromatic carbocycles. The molecule has 0 unspecified atom stereocenters. The Labute approximate surface area is 145 Å². The maximum Gasteiger partial charge on any atom is 0.393 e. The van der Waals surface area contributed by atoms with Crippen molar-refractivity contribution in [2.24, 2.45) is 20.0 Å². The lowest BCUT2D eigenvalue weighted by Crippen LogP contribution is -2.48. The van der Waals surface area contributed by atoms with Crippen LogP contribution in [0, 0.1) is 5.92 Å². The molecule has 0 spiro atoms. The molecule has 1 amide bonds. The number of fused-ring (bicyclic) bond motifs is 1. The number of alkyl halides is 3. The highest BCUT2D eigenvalue weighted by molar-refractivity contribution is 5.77. The zero-order valence-electron chi connectivity index (χ0n) is 14.3. The Morgan fingerprint density at radius 1 is 1.31 bits per heavy atom. The van der Waals surface area contributed by atoms with Crippen LogP contribution in [0.2, 0.25) is 0 Å². The van der Waals surface area contributed by atoms with E-state index in [1.54, 1.807) is 7.05 Å². The van der Waals surface area contributed by atoms with E-state index in [1.807, 2.05) is 0 Å². The molecule has 3 rings (SSSR count). The highest BCUT2D eigenvalue weighted by atomic mass is 19.4. The fraction of sp³-hybridized carbons (Fsp3) is 0.600. The lowest BCUT2D eigenvalue weighted by atomic mass is 9.97. The highest BCUT2D eigenvalue weighted by Crippen LogP contribution is 2.33. The molecule has 11 heteroatoms. The van der Waals surface area contributed by atoms with Crippen molar-refractivity contribution in [2.45, 2.75) is 25.6 Å². The number of rotatable bonds is 2. The number of aromatic nitrogens is 4. The van der Waals surface area contributed by atoms with Gasteiger partial charge in [0, 0.05) is 27.2 Å². The molecule has 0 radical (unpaired) electrons. The van der Waals surface area contributed by atoms with Crippen LogP contribution in [0.25, 0.3) is 11.2 Å². The molecule has 0 N–H and O–H groups in total. The van der Waals surface area contributed by atoms with Gasteiger partial charge in [0.05, 0.1) is 12.2 Å². The second kappa shape index (κ2) is 6.29. The monoisotopic (exact) mass is 373 g/mol. The van der Waals surface area contributed by atoms with E-state index in [1.165, 1.54) is 17.9 Å². The molecule has 1 aliphatic heterocycles. The lowest BCUT2D eigenvalue weighted by molar-refractivity contribution is -0.188. The third kappa shape index (κ3) is 3.01. The summed E-state index contributed by atoms with van der Waals surface area (Å²) < 4.78 is 42.0. The molecule has 3 heterocycles. The third-order valence-corrected chi connectivity index (χ3v) is 4.73. The largest absolute Gasteiger partial charge is 0.393 e. The van der Waals surface area contributed by atoms with Crippen LogP contribution in [-0.2, 0) is 25.4 Å². The fourth-order valence-corrected chi connectivity index (χ4v) is 3.24. The van der Waals surface area contributed by atoms with E-state index in [0.717, 1.165) is 14.0 Å². The van der Waals surface area contributed by atoms with Gasteiger partial charge in [0.15, 0.2) is 11.2 Å². The zero-order valence-corrected chi connectivity index (χ0v) is 14.3. The van der Waals surface area contributed by atoms with Gasteiger partial charge in [0.1, 0.15) is 6.54 Å². The molecule has 2 aromatic rings. The second-order valence-corrected chi connectivity index (χ2v) is 6.48. The van der Waals surface area contributed by atoms with Gasteiger partial charge in [-0.1, -0.05) is 0 Å². The predicted octanol–water partition coefficient (Wildman–Crippen LogP) is 0.235. The highest BCUT2D eigenvalue weighted by Gasteiger charge is 2.42. The summed E-state index contributed by atoms with van der Waals surface area (Å²) in [6, 6.07) is 0. The number of aryl methyl sites for hydroxylation is 2. The summed E-state index contributed by atoms with van der Waals surface area (Å²) in [7, 11) is 2.99. The summed E-state index contributed by atoms with van der Waals surface area (Å²) >= 11 is 0. The van der Waals surface area contributed by atoms with E-state index in [-0.39, 0.29) is 30.6 Å². The van der Waals surface area contributed by atoms with Crippen LogP contribution in [-0.4, -0.2) is 48.8 Å². The van der Waals surface area contributed by atoms with E-state index in [2.05, 4.69) is 4.98 Å². The Morgan fingerprint density at radius 2 is 2.00 bits per heavy atom. The van der Waals surface area contributed by atoms with Crippen molar-refractivity contribution >= 4 is 17.1 Å². The first-order valence-electron chi connectivity index (χ1n) is 8.06. The molecule has 0 aliphatic carbocycles. The number of imidazole rings is 1. The number of hydrogen-bond donors (Lipinski definition) is 0. The molecular weight excluding hydrogens is 355 g/mol. The van der Waals surface area contributed by atoms with E-state index in [4.69, 9.17) is 0 Å². The summed E-state index contributed by atoms with van der Waals surface area (Å²) in [6.07, 6.45) is -2.81. The van der Waals surface area contributed by atoms with Gasteiger partial charge < -0.3 is 9.47 Å². The van der Waals surface area contributed by atoms with Gasteiger partial charge in [0.2, 0.25) is 5.91 Å². The molecule has 1 saturated heterocycles. The van der Waals surface area contributed by atoms with Crippen molar-refractivity contribution in [1.82, 2.24) is 23.6 Å². The summed E-state index contributed by atoms with van der Waals surface area (Å²) in [4.78, 5) is 42.4. The average molecular weight is 373 g/mol. The maximum atomic E-state index is 12.9. The molecule has 1 fully saturated rings. The summed E-state index contributed by atoms with van der Waals surface area (Å²) in [5, 5.41) is 0. The van der Waals surface area contributed by atoms with Gasteiger partial charge in [-0.15, -0.1) is 0 Å². The molecule has 26 heavy (non-hydrogen) atoms. The minimum absolute atomic E-state index is 0.0318. The molecule has 142 valence electrons. The van der Waals surface area contributed by atoms with Gasteiger partial charge >= 0.3 is 11.9 Å². The van der Waals surface area contributed by atoms with Gasteiger partial charge in [-0.05, 0) is 12.8 Å². The smallest absolute Gasteiger partial charge is 0.341 e. The minimum Gasteiger partial charge on any atom is -0.341 e. The van der Waals surface area contributed by atoms with Crippen molar-refractivity contribution in [2.75, 3.05) is 13.1 Å². The lowest BCUT2D eigenvalue weighted by Gasteiger charge is -2.33. The van der Waals surface area contributed by atoms with Crippen LogP contribution in [0.4, 0.5) is 13.2 Å². The summed E-state index contributed by atoms with van der Waals surface area (Å²) in [6.45, 7) is -0.878. The van der Waals surface area contributed by atoms with Gasteiger partial charge in [-0.25, -0.2) is 14.3 Å². The van der Waals surface area contributed by atoms with Crippen LogP contribution >= 0.6 is 0 Å². The fourth-order valence-electron chi connectivity index (χ4n) is 3.24. The first-order valence-corrected chi connectivity index (χ1v) is 8.06. The number of likely N-dealkylation sites (tertiary alicyclic amines) is 1. The Morgan fingerprint density at radius 3 is 2.65 bits per heavy atom. The molecule has 0 bridgehead atoms. The van der Waals surface area contributed by atoms with Gasteiger partial charge in [0.25, 0.3) is 5.56 Å². The number of carbonyl (C=O) groups is 1. The van der Waals surface area contributed by atoms with E-state index in [9.17, 15) is 27.6 Å². The molecular formula is C15H18F3N5O3. The summed E-state index contributed by atoms with van der Waals surface area (Å²) in [5.74, 6) is -2.26. The van der Waals surface area contributed by atoms with Crippen molar-refractivity contribution in [3.8, 4) is 0 Å². The number of hydrogen-bond acceptors (Lipinski definition) is 4. The van der Waals surface area contributed by atoms with Crippen LogP contribution in [0.3, 0.4) is 0 Å². The SMILES string of the molecule is Cn1cnc2c1c(=O)n(CC(=O)N1CCC[C@H](C(F)(F)F)C1)c(=O)n2C. The quantitative estimate of drug-likeness (QED) is 0.755. The second-order valence-electron chi connectivity index (χ2n) is 6.48. The molecule has 2 aromatic heterocycles. The predicted molar refractivity (Wildman–Crippen MR) is 85.6 cm³/mol. The Bertz CT molecular complexity index is 972. The molecule has 1 atom stereocenters. The van der Waals surface area contributed by atoms with Crippen LogP contribution in [0.1, 0.15) is 12.8 Å². The first-order chi connectivity index (χ1) is 12.1. The van der Waals surface area contributed by atoms with Crippen LogP contribution in [0.15, 0.2) is 15.9 Å². The first kappa shape index (κ1) is 18.2. The van der Waals surface area contributed by atoms with E-state index < -0.39 is 42.3 Å². The summed E-state index contributed by atoms with van der Waals surface area (Å²) in [5.41, 5.74) is -1.10. The number of halogens is 3. The van der Waals surface area contributed by atoms with Crippen LogP contribution in [0.5, 0.6) is 0 Å². The number of carbonyl (C=O) groups excluding carboxylic acids is 1. The zero-order chi connectivity index (χ0) is 19.2. The van der Waals surface area contributed by atoms with E-state index >= 15 is 0 Å². The standard InChI is InChI=1S/C15H18F3N5O3/c1-20-8-19-12-11(20)13(25)23(14(26)21(12)2)7-10(24)22-5-3-4-9(6-22)15(16,17)18/h8-9H,3-7H2,1-2H3/t9-/m0/s1. The number of amides is 1. The Kier molecular flexibility index (Phi) is 4.41. The normalized spacial score (nSPS) is 18.5. The van der Waals surface area contributed by atoms with Gasteiger partial charge in [-0.3, -0.25) is 14.2 Å². The number of piperidine rings is 1. The Balaban J connectivity index is 1.92. The van der Waals surface area contributed by atoms with E-state index in [0.29, 0.717) is 0 Å². The minimum atomic E-state index is -4.38. The molecule has 8 nitrogen and oxygen atoms in total.